The molecule has 2 N–H and O–H groups in total. The molecule has 6 heteroatoms. The van der Waals surface area contributed by atoms with Gasteiger partial charge in [-0.15, -0.1) is 0 Å². The normalized spacial score (nSPS) is 15.3. The molecule has 0 aromatic heterocycles. The van der Waals surface area contributed by atoms with Crippen LogP contribution in [0.25, 0.3) is 0 Å². The first-order valence-corrected chi connectivity index (χ1v) is 10.0. The summed E-state index contributed by atoms with van der Waals surface area (Å²) in [5.41, 5.74) is 2.16. The first kappa shape index (κ1) is 21.2. The molecule has 0 aliphatic carbocycles. The van der Waals surface area contributed by atoms with Crippen molar-refractivity contribution < 1.29 is 4.79 Å². The molecule has 0 spiro atoms. The summed E-state index contributed by atoms with van der Waals surface area (Å²) in [5.74, 6) is 1.03. The van der Waals surface area contributed by atoms with E-state index in [0.29, 0.717) is 25.0 Å². The number of hydrogen-bond acceptors (Lipinski definition) is 3. The average Bonchev–Trinajstić information content (AvgIpc) is 3.07. The van der Waals surface area contributed by atoms with E-state index in [0.717, 1.165) is 37.7 Å². The third-order valence-corrected chi connectivity index (χ3v) is 4.99. The van der Waals surface area contributed by atoms with Crippen molar-refractivity contribution in [1.29, 1.82) is 0 Å². The fraction of sp³-hybridized carbons (Fsp3) is 0.619. The van der Waals surface area contributed by atoms with E-state index in [-0.39, 0.29) is 5.91 Å². The van der Waals surface area contributed by atoms with Crippen molar-refractivity contribution in [1.82, 2.24) is 15.5 Å². The van der Waals surface area contributed by atoms with Gasteiger partial charge in [-0.3, -0.25) is 14.7 Å². The molecule has 1 saturated heterocycles. The Bertz CT molecular complexity index is 616. The molecule has 0 bridgehead atoms. The standard InChI is InChI=1S/C21H35N5O/c1-16(2)25(17(3)4)14-12-23-21(22-5)24-15-18-8-10-19(11-9-18)26-13-6-7-20(26)27/h8-11,16-17H,6-7,12-15H2,1-5H3,(H2,22,23,24). The lowest BCUT2D eigenvalue weighted by molar-refractivity contribution is -0.117. The Morgan fingerprint density at radius 3 is 2.33 bits per heavy atom. The Hall–Kier alpha value is -2.08. The van der Waals surface area contributed by atoms with Crippen LogP contribution in [0.1, 0.15) is 46.1 Å². The van der Waals surface area contributed by atoms with E-state index < -0.39 is 0 Å². The number of rotatable bonds is 8. The van der Waals surface area contributed by atoms with Gasteiger partial charge >= 0.3 is 0 Å². The van der Waals surface area contributed by atoms with Crippen molar-refractivity contribution in [2.24, 2.45) is 4.99 Å². The minimum Gasteiger partial charge on any atom is -0.355 e. The molecule has 1 aliphatic heterocycles. The highest BCUT2D eigenvalue weighted by molar-refractivity contribution is 5.95. The Morgan fingerprint density at radius 2 is 1.81 bits per heavy atom. The molecule has 1 aliphatic rings. The number of nitrogens with zero attached hydrogens (tertiary/aromatic N) is 3. The maximum absolute atomic E-state index is 11.8. The fourth-order valence-electron chi connectivity index (χ4n) is 3.54. The lowest BCUT2D eigenvalue weighted by atomic mass is 10.2. The van der Waals surface area contributed by atoms with Crippen LogP contribution >= 0.6 is 0 Å². The van der Waals surface area contributed by atoms with E-state index in [9.17, 15) is 4.79 Å². The van der Waals surface area contributed by atoms with Crippen LogP contribution in [0, 0.1) is 0 Å². The van der Waals surface area contributed by atoms with E-state index in [2.05, 4.69) is 60.4 Å². The minimum atomic E-state index is 0.224. The van der Waals surface area contributed by atoms with E-state index in [1.54, 1.807) is 7.05 Å². The van der Waals surface area contributed by atoms with E-state index in [4.69, 9.17) is 0 Å². The number of benzene rings is 1. The molecule has 1 aromatic carbocycles. The smallest absolute Gasteiger partial charge is 0.227 e. The number of anilines is 1. The predicted molar refractivity (Wildman–Crippen MR) is 113 cm³/mol. The molecule has 1 amide bonds. The highest BCUT2D eigenvalue weighted by Crippen LogP contribution is 2.21. The maximum Gasteiger partial charge on any atom is 0.227 e. The molecule has 27 heavy (non-hydrogen) atoms. The van der Waals surface area contributed by atoms with Crippen molar-refractivity contribution in [3.63, 3.8) is 0 Å². The maximum atomic E-state index is 11.8. The fourth-order valence-corrected chi connectivity index (χ4v) is 3.54. The number of aliphatic imine (C=N–C) groups is 1. The summed E-state index contributed by atoms with van der Waals surface area (Å²) >= 11 is 0. The zero-order chi connectivity index (χ0) is 19.8. The molecule has 6 nitrogen and oxygen atoms in total. The number of nitrogens with one attached hydrogen (secondary N) is 2. The average molecular weight is 374 g/mol. The Morgan fingerprint density at radius 1 is 1.15 bits per heavy atom. The van der Waals surface area contributed by atoms with Crippen LogP contribution in [0.5, 0.6) is 0 Å². The number of guanidine groups is 1. The summed E-state index contributed by atoms with van der Waals surface area (Å²) in [5, 5.41) is 6.74. The van der Waals surface area contributed by atoms with Gasteiger partial charge in [0.1, 0.15) is 0 Å². The second kappa shape index (κ2) is 10.3. The highest BCUT2D eigenvalue weighted by Gasteiger charge is 2.21. The van der Waals surface area contributed by atoms with E-state index >= 15 is 0 Å². The molecule has 1 aromatic rings. The minimum absolute atomic E-state index is 0.224. The zero-order valence-electron chi connectivity index (χ0n) is 17.5. The quantitative estimate of drug-likeness (QED) is 0.543. The van der Waals surface area contributed by atoms with Crippen molar-refractivity contribution >= 4 is 17.6 Å². The van der Waals surface area contributed by atoms with Crippen molar-refractivity contribution in [2.75, 3.05) is 31.6 Å². The summed E-state index contributed by atoms with van der Waals surface area (Å²) in [6, 6.07) is 9.26. The van der Waals surface area contributed by atoms with Gasteiger partial charge in [0.25, 0.3) is 0 Å². The van der Waals surface area contributed by atoms with Crippen LogP contribution in [-0.4, -0.2) is 55.5 Å². The van der Waals surface area contributed by atoms with Gasteiger partial charge < -0.3 is 15.5 Å². The Labute approximate surface area is 164 Å². The monoisotopic (exact) mass is 373 g/mol. The van der Waals surface area contributed by atoms with Gasteiger partial charge in [0.05, 0.1) is 0 Å². The predicted octanol–water partition coefficient (Wildman–Crippen LogP) is 2.60. The lowest BCUT2D eigenvalue weighted by Gasteiger charge is -2.30. The first-order valence-electron chi connectivity index (χ1n) is 10.0. The van der Waals surface area contributed by atoms with Crippen LogP contribution in [0.2, 0.25) is 0 Å². The lowest BCUT2D eigenvalue weighted by Crippen LogP contribution is -2.45. The van der Waals surface area contributed by atoms with Crippen LogP contribution in [0.3, 0.4) is 0 Å². The summed E-state index contributed by atoms with van der Waals surface area (Å²) in [6.45, 7) is 12.3. The van der Waals surface area contributed by atoms with E-state index in [1.807, 2.05) is 17.0 Å². The second-order valence-corrected chi connectivity index (χ2v) is 7.59. The summed E-state index contributed by atoms with van der Waals surface area (Å²) in [7, 11) is 1.79. The second-order valence-electron chi connectivity index (χ2n) is 7.59. The third-order valence-electron chi connectivity index (χ3n) is 4.99. The molecule has 0 radical (unpaired) electrons. The zero-order valence-corrected chi connectivity index (χ0v) is 17.5. The molecule has 1 fully saturated rings. The van der Waals surface area contributed by atoms with E-state index in [1.165, 1.54) is 5.56 Å². The van der Waals surface area contributed by atoms with Gasteiger partial charge in [-0.1, -0.05) is 12.1 Å². The summed E-state index contributed by atoms with van der Waals surface area (Å²) < 4.78 is 0. The van der Waals surface area contributed by atoms with Crippen molar-refractivity contribution in [3.8, 4) is 0 Å². The Balaban J connectivity index is 1.79. The molecule has 0 unspecified atom stereocenters. The van der Waals surface area contributed by atoms with Crippen LogP contribution in [-0.2, 0) is 11.3 Å². The molecular formula is C21H35N5O. The molecule has 0 saturated carbocycles. The molecule has 2 rings (SSSR count). The SMILES string of the molecule is CN=C(NCCN(C(C)C)C(C)C)NCc1ccc(N2CCCC2=O)cc1. The largest absolute Gasteiger partial charge is 0.355 e. The number of carbonyl (C=O) groups excluding carboxylic acids is 1. The van der Waals surface area contributed by atoms with Crippen LogP contribution in [0.15, 0.2) is 29.3 Å². The first-order chi connectivity index (χ1) is 12.9. The van der Waals surface area contributed by atoms with Gasteiger partial charge in [-0.05, 0) is 51.8 Å². The van der Waals surface area contributed by atoms with Crippen molar-refractivity contribution in [3.05, 3.63) is 29.8 Å². The molecule has 150 valence electrons. The van der Waals surface area contributed by atoms with Gasteiger partial charge in [0.15, 0.2) is 5.96 Å². The molecule has 0 atom stereocenters. The topological polar surface area (TPSA) is 60.0 Å². The number of carbonyl (C=O) groups is 1. The van der Waals surface area contributed by atoms with Gasteiger partial charge in [-0.2, -0.15) is 0 Å². The summed E-state index contributed by atoms with van der Waals surface area (Å²) in [6.07, 6.45) is 1.62. The van der Waals surface area contributed by atoms with Crippen molar-refractivity contribution in [2.45, 2.75) is 59.2 Å². The molecular weight excluding hydrogens is 338 g/mol. The third kappa shape index (κ3) is 6.24. The van der Waals surface area contributed by atoms with Gasteiger partial charge in [0.2, 0.25) is 5.91 Å². The molecule has 1 heterocycles. The van der Waals surface area contributed by atoms with Crippen LogP contribution in [0.4, 0.5) is 5.69 Å². The highest BCUT2D eigenvalue weighted by atomic mass is 16.2. The summed E-state index contributed by atoms with van der Waals surface area (Å²) in [4.78, 5) is 20.5. The van der Waals surface area contributed by atoms with Gasteiger partial charge in [-0.25, -0.2) is 0 Å². The Kier molecular flexibility index (Phi) is 8.10. The number of hydrogen-bond donors (Lipinski definition) is 2. The van der Waals surface area contributed by atoms with Crippen LogP contribution < -0.4 is 15.5 Å². The number of amides is 1. The van der Waals surface area contributed by atoms with Gasteiger partial charge in [0, 0.05) is 57.4 Å².